The van der Waals surface area contributed by atoms with Crippen LogP contribution in [0.15, 0.2) is 57.7 Å². The lowest BCUT2D eigenvalue weighted by Crippen LogP contribution is -2.53. The van der Waals surface area contributed by atoms with E-state index < -0.39 is 11.4 Å². The lowest BCUT2D eigenvalue weighted by Gasteiger charge is -2.34. The van der Waals surface area contributed by atoms with Gasteiger partial charge < -0.3 is 19.0 Å². The van der Waals surface area contributed by atoms with Crippen LogP contribution in [0.25, 0.3) is 11.0 Å². The van der Waals surface area contributed by atoms with Crippen molar-refractivity contribution in [3.05, 3.63) is 75.6 Å². The first-order valence-electron chi connectivity index (χ1n) is 10.9. The van der Waals surface area contributed by atoms with Crippen LogP contribution in [0.1, 0.15) is 41.9 Å². The van der Waals surface area contributed by atoms with Gasteiger partial charge in [0.1, 0.15) is 5.58 Å². The van der Waals surface area contributed by atoms with Crippen molar-refractivity contribution in [3.8, 4) is 0 Å². The number of rotatable bonds is 6. The number of fused-ring (bicyclic) bond motifs is 5. The highest BCUT2D eigenvalue weighted by Gasteiger charge is 2.64. The molecule has 3 aromatic rings. The second-order valence-corrected chi connectivity index (χ2v) is 7.92. The van der Waals surface area contributed by atoms with Crippen molar-refractivity contribution in [1.82, 2.24) is 4.90 Å². The van der Waals surface area contributed by atoms with Gasteiger partial charge in [0.2, 0.25) is 5.76 Å². The normalized spacial score (nSPS) is 19.3. The fourth-order valence-electron chi connectivity index (χ4n) is 5.02. The van der Waals surface area contributed by atoms with Crippen LogP contribution in [0, 0.1) is 0 Å². The molecule has 0 N–H and O–H groups in total. The molecule has 1 spiro atoms. The average molecular weight is 432 g/mol. The SMILES string of the molecule is CCOCCCN1C(=O)c2oc3ccccc3c(=O)c2[C@@]12C(=O)N(CC)c1ccccc12. The molecule has 2 aliphatic rings. The first-order valence-corrected chi connectivity index (χ1v) is 10.9. The van der Waals surface area contributed by atoms with E-state index in [0.29, 0.717) is 48.4 Å². The highest BCUT2D eigenvalue weighted by Crippen LogP contribution is 2.52. The zero-order valence-electron chi connectivity index (χ0n) is 18.1. The van der Waals surface area contributed by atoms with Crippen LogP contribution in [-0.2, 0) is 15.1 Å². The maximum atomic E-state index is 14.0. The number of amides is 2. The summed E-state index contributed by atoms with van der Waals surface area (Å²) in [6, 6.07) is 14.2. The largest absolute Gasteiger partial charge is 0.450 e. The molecule has 7 nitrogen and oxygen atoms in total. The maximum Gasteiger partial charge on any atom is 0.291 e. The Morgan fingerprint density at radius 3 is 2.53 bits per heavy atom. The van der Waals surface area contributed by atoms with Gasteiger partial charge in [-0.3, -0.25) is 14.4 Å². The Labute approximate surface area is 185 Å². The molecule has 0 radical (unpaired) electrons. The van der Waals surface area contributed by atoms with Gasteiger partial charge in [-0.2, -0.15) is 0 Å². The molecule has 0 saturated carbocycles. The van der Waals surface area contributed by atoms with Crippen LogP contribution in [0.4, 0.5) is 5.69 Å². The summed E-state index contributed by atoms with van der Waals surface area (Å²) in [6.45, 7) is 5.48. The molecule has 3 heterocycles. The van der Waals surface area contributed by atoms with Crippen LogP contribution in [0.3, 0.4) is 0 Å². The molecule has 0 aliphatic carbocycles. The zero-order chi connectivity index (χ0) is 22.5. The van der Waals surface area contributed by atoms with E-state index in [1.807, 2.05) is 38.1 Å². The Bertz CT molecular complexity index is 1300. The number of para-hydroxylation sites is 2. The van der Waals surface area contributed by atoms with E-state index in [4.69, 9.17) is 9.15 Å². The zero-order valence-corrected chi connectivity index (χ0v) is 18.1. The number of carbonyl (C=O) groups is 2. The number of ether oxygens (including phenoxy) is 1. The number of likely N-dealkylation sites (N-methyl/N-ethyl adjacent to an activating group) is 1. The highest BCUT2D eigenvalue weighted by atomic mass is 16.5. The molecule has 32 heavy (non-hydrogen) atoms. The van der Waals surface area contributed by atoms with Gasteiger partial charge >= 0.3 is 0 Å². The first kappa shape index (κ1) is 20.5. The third kappa shape index (κ3) is 2.54. The predicted molar refractivity (Wildman–Crippen MR) is 120 cm³/mol. The summed E-state index contributed by atoms with van der Waals surface area (Å²) in [6.07, 6.45) is 0.532. The first-order chi connectivity index (χ1) is 15.6. The van der Waals surface area contributed by atoms with Gasteiger partial charge in [0.15, 0.2) is 11.0 Å². The Morgan fingerprint density at radius 1 is 1.00 bits per heavy atom. The Morgan fingerprint density at radius 2 is 1.75 bits per heavy atom. The topological polar surface area (TPSA) is 80.1 Å². The van der Waals surface area contributed by atoms with Crippen LogP contribution < -0.4 is 10.3 Å². The molecule has 0 bridgehead atoms. The van der Waals surface area contributed by atoms with E-state index in [1.165, 1.54) is 4.90 Å². The van der Waals surface area contributed by atoms with Gasteiger partial charge in [0.05, 0.1) is 16.6 Å². The van der Waals surface area contributed by atoms with Crippen molar-refractivity contribution >= 4 is 28.5 Å². The van der Waals surface area contributed by atoms with Crippen molar-refractivity contribution in [3.63, 3.8) is 0 Å². The number of anilines is 1. The van der Waals surface area contributed by atoms with E-state index in [9.17, 15) is 14.4 Å². The summed E-state index contributed by atoms with van der Waals surface area (Å²) in [5.74, 6) is -0.793. The van der Waals surface area contributed by atoms with Gasteiger partial charge in [-0.1, -0.05) is 30.3 Å². The lowest BCUT2D eigenvalue weighted by atomic mass is 9.84. The molecule has 2 amide bonds. The Balaban J connectivity index is 1.81. The van der Waals surface area contributed by atoms with Crippen molar-refractivity contribution < 1.29 is 18.7 Å². The van der Waals surface area contributed by atoms with Crippen molar-refractivity contribution in [1.29, 1.82) is 0 Å². The standard InChI is InChI=1S/C25H24N2O5/c1-3-26-18-12-7-6-11-17(18)25(24(26)30)20-21(28)16-10-5-8-13-19(16)32-22(20)23(29)27(25)14-9-15-31-4-2/h5-8,10-13H,3-4,9,14-15H2,1-2H3/t25-/m0/s1. The molecular weight excluding hydrogens is 408 g/mol. The smallest absolute Gasteiger partial charge is 0.291 e. The molecule has 164 valence electrons. The molecule has 1 atom stereocenters. The van der Waals surface area contributed by atoms with E-state index in [2.05, 4.69) is 0 Å². The quantitative estimate of drug-likeness (QED) is 0.559. The molecular formula is C25H24N2O5. The number of benzene rings is 2. The molecule has 7 heteroatoms. The highest BCUT2D eigenvalue weighted by molar-refractivity contribution is 6.17. The van der Waals surface area contributed by atoms with Crippen molar-refractivity contribution in [2.45, 2.75) is 25.8 Å². The second-order valence-electron chi connectivity index (χ2n) is 7.92. The molecule has 1 aromatic heterocycles. The summed E-state index contributed by atoms with van der Waals surface area (Å²) >= 11 is 0. The maximum absolute atomic E-state index is 14.0. The molecule has 0 fully saturated rings. The number of nitrogens with zero attached hydrogens (tertiary/aromatic N) is 2. The summed E-state index contributed by atoms with van der Waals surface area (Å²) in [5, 5.41) is 0.356. The molecule has 0 saturated heterocycles. The Hall–Kier alpha value is -3.45. The summed E-state index contributed by atoms with van der Waals surface area (Å²) in [5.41, 5.74) is -0.0758. The van der Waals surface area contributed by atoms with E-state index >= 15 is 0 Å². The minimum Gasteiger partial charge on any atom is -0.450 e. The third-order valence-corrected chi connectivity index (χ3v) is 6.33. The average Bonchev–Trinajstić information content (AvgIpc) is 3.21. The lowest BCUT2D eigenvalue weighted by molar-refractivity contribution is -0.126. The third-order valence-electron chi connectivity index (χ3n) is 6.33. The van der Waals surface area contributed by atoms with E-state index in [-0.39, 0.29) is 29.2 Å². The van der Waals surface area contributed by atoms with Crippen molar-refractivity contribution in [2.24, 2.45) is 0 Å². The van der Waals surface area contributed by atoms with Crippen LogP contribution in [-0.4, -0.2) is 43.0 Å². The van der Waals surface area contributed by atoms with Gasteiger partial charge in [0.25, 0.3) is 11.8 Å². The molecule has 2 aromatic carbocycles. The summed E-state index contributed by atoms with van der Waals surface area (Å²) in [4.78, 5) is 44.6. The monoisotopic (exact) mass is 432 g/mol. The minimum absolute atomic E-state index is 0.0498. The summed E-state index contributed by atoms with van der Waals surface area (Å²) in [7, 11) is 0. The molecule has 2 aliphatic heterocycles. The van der Waals surface area contributed by atoms with Gasteiger partial charge in [-0.25, -0.2) is 0 Å². The fraction of sp³-hybridized carbons (Fsp3) is 0.320. The fourth-order valence-corrected chi connectivity index (χ4v) is 5.02. The van der Waals surface area contributed by atoms with Crippen LogP contribution in [0.5, 0.6) is 0 Å². The van der Waals surface area contributed by atoms with Gasteiger partial charge in [-0.15, -0.1) is 0 Å². The van der Waals surface area contributed by atoms with E-state index in [1.54, 1.807) is 29.2 Å². The van der Waals surface area contributed by atoms with Gasteiger partial charge in [-0.05, 0) is 38.5 Å². The molecule has 5 rings (SSSR count). The minimum atomic E-state index is -1.53. The number of hydrogen-bond donors (Lipinski definition) is 0. The number of hydrogen-bond acceptors (Lipinski definition) is 5. The molecule has 0 unspecified atom stereocenters. The summed E-state index contributed by atoms with van der Waals surface area (Å²) < 4.78 is 11.4. The van der Waals surface area contributed by atoms with Crippen LogP contribution >= 0.6 is 0 Å². The second kappa shape index (κ2) is 7.60. The van der Waals surface area contributed by atoms with Crippen molar-refractivity contribution in [2.75, 3.05) is 31.2 Å². The van der Waals surface area contributed by atoms with Crippen LogP contribution in [0.2, 0.25) is 0 Å². The van der Waals surface area contributed by atoms with Gasteiger partial charge in [0, 0.05) is 31.9 Å². The van der Waals surface area contributed by atoms with E-state index in [0.717, 1.165) is 0 Å². The number of carbonyl (C=O) groups excluding carboxylic acids is 2. The Kier molecular flexibility index (Phi) is 4.86. The predicted octanol–water partition coefficient (Wildman–Crippen LogP) is 3.29.